The first-order valence-electron chi connectivity index (χ1n) is 8.38. The van der Waals surface area contributed by atoms with E-state index in [1.54, 1.807) is 0 Å². The number of rotatable bonds is 4. The highest BCUT2D eigenvalue weighted by molar-refractivity contribution is 5.91. The number of hydrogen-bond donors (Lipinski definition) is 2. The van der Waals surface area contributed by atoms with E-state index in [4.69, 9.17) is 0 Å². The summed E-state index contributed by atoms with van der Waals surface area (Å²) in [6, 6.07) is 14.1. The van der Waals surface area contributed by atoms with Crippen LogP contribution in [0.3, 0.4) is 0 Å². The van der Waals surface area contributed by atoms with Gasteiger partial charge in [0.15, 0.2) is 0 Å². The Hall–Kier alpha value is -2.11. The number of nitrogens with one attached hydrogen (secondary N) is 2. The van der Waals surface area contributed by atoms with Crippen molar-refractivity contribution in [1.82, 2.24) is 15.5 Å². The van der Waals surface area contributed by atoms with Crippen molar-refractivity contribution >= 4 is 35.0 Å². The third kappa shape index (κ3) is 4.71. The molecule has 3 rings (SSSR count). The van der Waals surface area contributed by atoms with Gasteiger partial charge >= 0.3 is 0 Å². The molecule has 6 heteroatoms. The smallest absolute Gasteiger partial charge is 0.242 e. The Morgan fingerprint density at radius 1 is 1.20 bits per heavy atom. The fraction of sp³-hybridized carbons (Fsp3) is 0.368. The van der Waals surface area contributed by atoms with Crippen LogP contribution in [0.1, 0.15) is 12.5 Å². The molecule has 1 atom stereocenters. The molecule has 0 spiro atoms. The second kappa shape index (κ2) is 8.83. The van der Waals surface area contributed by atoms with E-state index in [-0.39, 0.29) is 43.2 Å². The normalized spacial score (nSPS) is 17.0. The highest BCUT2D eigenvalue weighted by Gasteiger charge is 2.22. The molecular formula is C19H24ClN3O2. The van der Waals surface area contributed by atoms with Crippen molar-refractivity contribution in [3.05, 3.63) is 48.0 Å². The molecule has 0 aliphatic carbocycles. The maximum atomic E-state index is 12.3. The number of amides is 2. The summed E-state index contributed by atoms with van der Waals surface area (Å²) >= 11 is 0. The number of hydrogen-bond acceptors (Lipinski definition) is 3. The average molecular weight is 362 g/mol. The molecule has 1 aliphatic heterocycles. The van der Waals surface area contributed by atoms with E-state index in [9.17, 15) is 9.59 Å². The van der Waals surface area contributed by atoms with Crippen LogP contribution in [0.15, 0.2) is 42.5 Å². The largest absolute Gasteiger partial charge is 0.347 e. The van der Waals surface area contributed by atoms with Gasteiger partial charge in [0.1, 0.15) is 0 Å². The van der Waals surface area contributed by atoms with E-state index in [1.807, 2.05) is 54.3 Å². The monoisotopic (exact) mass is 361 g/mol. The SMILES string of the molecule is C[C@H]1CNCCN1C(=O)CNC(=O)Cc1cccc2ccccc12.Cl. The number of nitrogens with zero attached hydrogens (tertiary/aromatic N) is 1. The van der Waals surface area contributed by atoms with Crippen LogP contribution < -0.4 is 10.6 Å². The minimum atomic E-state index is -0.123. The number of carbonyl (C=O) groups excluding carboxylic acids is 2. The quantitative estimate of drug-likeness (QED) is 0.872. The van der Waals surface area contributed by atoms with Crippen LogP contribution in [-0.4, -0.2) is 48.9 Å². The lowest BCUT2D eigenvalue weighted by Gasteiger charge is -2.34. The van der Waals surface area contributed by atoms with Gasteiger partial charge in [0.2, 0.25) is 11.8 Å². The van der Waals surface area contributed by atoms with Crippen molar-refractivity contribution < 1.29 is 9.59 Å². The Morgan fingerprint density at radius 3 is 2.76 bits per heavy atom. The highest BCUT2D eigenvalue weighted by Crippen LogP contribution is 2.18. The van der Waals surface area contributed by atoms with E-state index < -0.39 is 0 Å². The Bertz CT molecular complexity index is 745. The van der Waals surface area contributed by atoms with Gasteiger partial charge in [-0.3, -0.25) is 9.59 Å². The van der Waals surface area contributed by atoms with Crippen LogP contribution >= 0.6 is 12.4 Å². The number of piperazine rings is 1. The van der Waals surface area contributed by atoms with Crippen LogP contribution in [0.4, 0.5) is 0 Å². The molecule has 0 aromatic heterocycles. The zero-order valence-corrected chi connectivity index (χ0v) is 15.1. The van der Waals surface area contributed by atoms with Gasteiger partial charge in [-0.05, 0) is 23.3 Å². The lowest BCUT2D eigenvalue weighted by Crippen LogP contribution is -2.54. The summed E-state index contributed by atoms with van der Waals surface area (Å²) in [5.41, 5.74) is 0.980. The highest BCUT2D eigenvalue weighted by atomic mass is 35.5. The Balaban J connectivity index is 0.00000225. The summed E-state index contributed by atoms with van der Waals surface area (Å²) in [4.78, 5) is 26.3. The molecule has 0 unspecified atom stereocenters. The zero-order chi connectivity index (χ0) is 16.9. The summed E-state index contributed by atoms with van der Waals surface area (Å²) in [6.07, 6.45) is 0.283. The van der Waals surface area contributed by atoms with Gasteiger partial charge < -0.3 is 15.5 Å². The molecule has 2 aromatic rings. The van der Waals surface area contributed by atoms with E-state index in [0.29, 0.717) is 6.54 Å². The molecule has 134 valence electrons. The fourth-order valence-corrected chi connectivity index (χ4v) is 3.17. The van der Waals surface area contributed by atoms with Gasteiger partial charge in [-0.25, -0.2) is 0 Å². The van der Waals surface area contributed by atoms with Crippen LogP contribution in [0.25, 0.3) is 10.8 Å². The van der Waals surface area contributed by atoms with Gasteiger partial charge in [-0.15, -0.1) is 12.4 Å². The van der Waals surface area contributed by atoms with Crippen molar-refractivity contribution in [2.24, 2.45) is 0 Å². The Kier molecular flexibility index (Phi) is 6.79. The summed E-state index contributed by atoms with van der Waals surface area (Å²) < 4.78 is 0. The molecular weight excluding hydrogens is 338 g/mol. The van der Waals surface area contributed by atoms with Gasteiger partial charge in [-0.2, -0.15) is 0 Å². The molecule has 2 aromatic carbocycles. The molecule has 0 bridgehead atoms. The number of halogens is 1. The lowest BCUT2D eigenvalue weighted by molar-refractivity contribution is -0.135. The lowest BCUT2D eigenvalue weighted by atomic mass is 10.0. The van der Waals surface area contributed by atoms with Gasteiger partial charge in [-0.1, -0.05) is 42.5 Å². The number of carbonyl (C=O) groups is 2. The second-order valence-corrected chi connectivity index (χ2v) is 6.23. The third-order valence-electron chi connectivity index (χ3n) is 4.49. The molecule has 1 fully saturated rings. The molecule has 1 aliphatic rings. The molecule has 2 N–H and O–H groups in total. The minimum absolute atomic E-state index is 0. The first-order valence-corrected chi connectivity index (χ1v) is 8.38. The van der Waals surface area contributed by atoms with Crippen molar-refractivity contribution in [1.29, 1.82) is 0 Å². The maximum Gasteiger partial charge on any atom is 0.242 e. The summed E-state index contributed by atoms with van der Waals surface area (Å²) in [6.45, 7) is 4.38. The standard InChI is InChI=1S/C19H23N3O2.ClH/c1-14-12-20-9-10-22(14)19(24)13-21-18(23)11-16-7-4-6-15-5-2-3-8-17(15)16;/h2-8,14,20H,9-13H2,1H3,(H,21,23);1H/t14-;/m0./s1. The predicted molar refractivity (Wildman–Crippen MR) is 102 cm³/mol. The third-order valence-corrected chi connectivity index (χ3v) is 4.49. The predicted octanol–water partition coefficient (Wildman–Crippen LogP) is 1.74. The summed E-state index contributed by atoms with van der Waals surface area (Å²) in [5, 5.41) is 8.22. The van der Waals surface area contributed by atoms with E-state index in [2.05, 4.69) is 10.6 Å². The van der Waals surface area contributed by atoms with Crippen molar-refractivity contribution in [3.8, 4) is 0 Å². The summed E-state index contributed by atoms with van der Waals surface area (Å²) in [5.74, 6) is -0.141. The first-order chi connectivity index (χ1) is 11.6. The first kappa shape index (κ1) is 19.2. The maximum absolute atomic E-state index is 12.3. The Labute approximate surface area is 154 Å². The van der Waals surface area contributed by atoms with Crippen LogP contribution in [0, 0.1) is 0 Å². The minimum Gasteiger partial charge on any atom is -0.347 e. The molecule has 1 saturated heterocycles. The average Bonchev–Trinajstić information content (AvgIpc) is 2.60. The van der Waals surface area contributed by atoms with Crippen LogP contribution in [0.2, 0.25) is 0 Å². The molecule has 0 saturated carbocycles. The Morgan fingerprint density at radius 2 is 1.96 bits per heavy atom. The van der Waals surface area contributed by atoms with Crippen molar-refractivity contribution in [2.75, 3.05) is 26.2 Å². The number of benzene rings is 2. The molecule has 0 radical (unpaired) electrons. The summed E-state index contributed by atoms with van der Waals surface area (Å²) in [7, 11) is 0. The van der Waals surface area contributed by atoms with E-state index in [0.717, 1.165) is 29.4 Å². The molecule has 1 heterocycles. The fourth-order valence-electron chi connectivity index (χ4n) is 3.17. The van der Waals surface area contributed by atoms with Crippen molar-refractivity contribution in [3.63, 3.8) is 0 Å². The van der Waals surface area contributed by atoms with E-state index >= 15 is 0 Å². The van der Waals surface area contributed by atoms with Crippen LogP contribution in [-0.2, 0) is 16.0 Å². The zero-order valence-electron chi connectivity index (χ0n) is 14.3. The number of fused-ring (bicyclic) bond motifs is 1. The molecule has 2 amide bonds. The van der Waals surface area contributed by atoms with E-state index in [1.165, 1.54) is 0 Å². The van der Waals surface area contributed by atoms with Crippen molar-refractivity contribution in [2.45, 2.75) is 19.4 Å². The van der Waals surface area contributed by atoms with Gasteiger partial charge in [0.25, 0.3) is 0 Å². The van der Waals surface area contributed by atoms with Gasteiger partial charge in [0, 0.05) is 25.7 Å². The topological polar surface area (TPSA) is 61.4 Å². The van der Waals surface area contributed by atoms with Gasteiger partial charge in [0.05, 0.1) is 13.0 Å². The molecule has 5 nitrogen and oxygen atoms in total. The second-order valence-electron chi connectivity index (χ2n) is 6.23. The molecule has 25 heavy (non-hydrogen) atoms. The van der Waals surface area contributed by atoms with Crippen LogP contribution in [0.5, 0.6) is 0 Å².